The molecule has 0 amide bonds. The van der Waals surface area contributed by atoms with Gasteiger partial charge in [-0.05, 0) is 43.7 Å². The Morgan fingerprint density at radius 3 is 2.79 bits per heavy atom. The standard InChI is InChI=1S/C19H24ClN3O4.HI/c1-3-21-18(23-12-19(2,24)16-5-4-6-26-16)22-11-13-9-14(20)17-15(10-13)25-7-8-27-17;/h4-6,9-10,24H,3,7-8,11-12H2,1-2H3,(H2,21,22,23);1H. The molecule has 154 valence electrons. The zero-order valence-corrected chi connectivity index (χ0v) is 18.9. The summed E-state index contributed by atoms with van der Waals surface area (Å²) < 4.78 is 16.4. The fourth-order valence-electron chi connectivity index (χ4n) is 2.70. The van der Waals surface area contributed by atoms with Crippen LogP contribution in [0.25, 0.3) is 0 Å². The van der Waals surface area contributed by atoms with Gasteiger partial charge in [-0.3, -0.25) is 0 Å². The molecule has 7 nitrogen and oxygen atoms in total. The molecule has 28 heavy (non-hydrogen) atoms. The van der Waals surface area contributed by atoms with Crippen LogP contribution in [0.3, 0.4) is 0 Å². The van der Waals surface area contributed by atoms with E-state index in [2.05, 4.69) is 15.6 Å². The van der Waals surface area contributed by atoms with Gasteiger partial charge in [-0.2, -0.15) is 0 Å². The van der Waals surface area contributed by atoms with Crippen LogP contribution in [0.4, 0.5) is 0 Å². The number of furan rings is 1. The molecule has 3 N–H and O–H groups in total. The van der Waals surface area contributed by atoms with Gasteiger partial charge in [0.2, 0.25) is 0 Å². The quantitative estimate of drug-likeness (QED) is 0.307. The summed E-state index contributed by atoms with van der Waals surface area (Å²) in [6.45, 7) is 5.99. The summed E-state index contributed by atoms with van der Waals surface area (Å²) in [6.07, 6.45) is 1.54. The highest BCUT2D eigenvalue weighted by atomic mass is 127. The Hall–Kier alpha value is -1.65. The number of halogens is 2. The molecule has 0 aliphatic carbocycles. The second-order valence-corrected chi connectivity index (χ2v) is 6.81. The van der Waals surface area contributed by atoms with E-state index < -0.39 is 5.60 Å². The lowest BCUT2D eigenvalue weighted by molar-refractivity contribution is 0.0386. The molecule has 1 atom stereocenters. The summed E-state index contributed by atoms with van der Waals surface area (Å²) in [6, 6.07) is 7.19. The minimum Gasteiger partial charge on any atom is -0.486 e. The third kappa shape index (κ3) is 5.68. The third-order valence-electron chi connectivity index (χ3n) is 4.07. The van der Waals surface area contributed by atoms with Crippen molar-refractivity contribution in [1.29, 1.82) is 0 Å². The zero-order valence-electron chi connectivity index (χ0n) is 15.8. The number of nitrogens with one attached hydrogen (secondary N) is 2. The number of guanidine groups is 1. The van der Waals surface area contributed by atoms with Crippen LogP contribution in [0.1, 0.15) is 25.2 Å². The van der Waals surface area contributed by atoms with Crippen molar-refractivity contribution in [2.75, 3.05) is 26.3 Å². The Morgan fingerprint density at radius 2 is 2.07 bits per heavy atom. The predicted molar refractivity (Wildman–Crippen MR) is 119 cm³/mol. The van der Waals surface area contributed by atoms with Crippen LogP contribution in [-0.2, 0) is 12.1 Å². The smallest absolute Gasteiger partial charge is 0.191 e. The molecule has 3 rings (SSSR count). The van der Waals surface area contributed by atoms with E-state index in [4.69, 9.17) is 25.5 Å². The maximum Gasteiger partial charge on any atom is 0.191 e. The fourth-order valence-corrected chi connectivity index (χ4v) is 2.98. The summed E-state index contributed by atoms with van der Waals surface area (Å²) in [4.78, 5) is 4.56. The molecule has 0 bridgehead atoms. The van der Waals surface area contributed by atoms with Gasteiger partial charge in [0.05, 0.1) is 24.4 Å². The number of rotatable bonds is 6. The van der Waals surface area contributed by atoms with Crippen molar-refractivity contribution < 1.29 is 19.0 Å². The Kier molecular flexibility index (Phi) is 8.26. The van der Waals surface area contributed by atoms with Crippen molar-refractivity contribution in [3.05, 3.63) is 46.9 Å². The number of nitrogens with zero attached hydrogens (tertiary/aromatic N) is 1. The summed E-state index contributed by atoms with van der Waals surface area (Å²) >= 11 is 6.27. The van der Waals surface area contributed by atoms with Gasteiger partial charge >= 0.3 is 0 Å². The number of hydrogen-bond donors (Lipinski definition) is 3. The number of ether oxygens (including phenoxy) is 2. The van der Waals surface area contributed by atoms with Crippen LogP contribution in [0, 0.1) is 0 Å². The molecule has 1 aliphatic heterocycles. The third-order valence-corrected chi connectivity index (χ3v) is 4.35. The van der Waals surface area contributed by atoms with E-state index in [0.29, 0.717) is 54.5 Å². The number of fused-ring (bicyclic) bond motifs is 1. The fraction of sp³-hybridized carbons (Fsp3) is 0.421. The molecule has 1 aromatic heterocycles. The average molecular weight is 522 g/mol. The molecule has 0 spiro atoms. The SMILES string of the molecule is CCNC(=NCc1cc(Cl)c2c(c1)OCCO2)NCC(C)(O)c1ccco1.I. The molecule has 0 saturated heterocycles. The monoisotopic (exact) mass is 521 g/mol. The van der Waals surface area contributed by atoms with Crippen LogP contribution >= 0.6 is 35.6 Å². The lowest BCUT2D eigenvalue weighted by atomic mass is 10.0. The predicted octanol–water partition coefficient (Wildman–Crippen LogP) is 3.29. The molecular weight excluding hydrogens is 497 g/mol. The lowest BCUT2D eigenvalue weighted by Gasteiger charge is -2.23. The topological polar surface area (TPSA) is 88.3 Å². The van der Waals surface area contributed by atoms with E-state index >= 15 is 0 Å². The second kappa shape index (κ2) is 10.2. The summed E-state index contributed by atoms with van der Waals surface area (Å²) in [5.41, 5.74) is -0.251. The number of hydrogen-bond acceptors (Lipinski definition) is 5. The van der Waals surface area contributed by atoms with Gasteiger partial charge in [-0.15, -0.1) is 24.0 Å². The first-order chi connectivity index (χ1) is 13.0. The van der Waals surface area contributed by atoms with Gasteiger partial charge < -0.3 is 29.6 Å². The highest BCUT2D eigenvalue weighted by Gasteiger charge is 2.26. The van der Waals surface area contributed by atoms with E-state index in [1.165, 1.54) is 6.26 Å². The Labute approximate surface area is 186 Å². The van der Waals surface area contributed by atoms with Crippen molar-refractivity contribution in [3.8, 4) is 11.5 Å². The first-order valence-corrected chi connectivity index (χ1v) is 9.24. The first kappa shape index (κ1) is 22.6. The van der Waals surface area contributed by atoms with Gasteiger partial charge in [-0.1, -0.05) is 11.6 Å². The number of aliphatic hydroxyl groups is 1. The number of benzene rings is 1. The van der Waals surface area contributed by atoms with Gasteiger partial charge in [0.1, 0.15) is 24.6 Å². The summed E-state index contributed by atoms with van der Waals surface area (Å²) in [5, 5.41) is 17.4. The van der Waals surface area contributed by atoms with Gasteiger partial charge in [0, 0.05) is 6.54 Å². The van der Waals surface area contributed by atoms with Gasteiger partial charge in [-0.25, -0.2) is 4.99 Å². The first-order valence-electron chi connectivity index (χ1n) is 8.86. The largest absolute Gasteiger partial charge is 0.486 e. The van der Waals surface area contributed by atoms with Crippen LogP contribution in [0.2, 0.25) is 5.02 Å². The second-order valence-electron chi connectivity index (χ2n) is 6.40. The molecule has 1 aliphatic rings. The van der Waals surface area contributed by atoms with E-state index in [9.17, 15) is 5.11 Å². The van der Waals surface area contributed by atoms with E-state index in [1.54, 1.807) is 19.1 Å². The highest BCUT2D eigenvalue weighted by Crippen LogP contribution is 2.38. The van der Waals surface area contributed by atoms with E-state index in [1.807, 2.05) is 19.1 Å². The Balaban J connectivity index is 0.00000280. The van der Waals surface area contributed by atoms with Crippen molar-refractivity contribution >= 4 is 41.5 Å². The normalized spacial score (nSPS) is 15.4. The molecule has 2 heterocycles. The molecule has 0 radical (unpaired) electrons. The van der Waals surface area contributed by atoms with Crippen LogP contribution in [-0.4, -0.2) is 37.4 Å². The average Bonchev–Trinajstić information content (AvgIpc) is 3.20. The molecule has 1 aromatic carbocycles. The van der Waals surface area contributed by atoms with Gasteiger partial charge in [0.25, 0.3) is 0 Å². The maximum absolute atomic E-state index is 10.6. The Morgan fingerprint density at radius 1 is 1.29 bits per heavy atom. The molecule has 1 unspecified atom stereocenters. The number of aliphatic imine (C=N–C) groups is 1. The van der Waals surface area contributed by atoms with Crippen LogP contribution in [0.5, 0.6) is 11.5 Å². The molecule has 0 saturated carbocycles. The zero-order chi connectivity index (χ0) is 19.3. The van der Waals surface area contributed by atoms with Crippen molar-refractivity contribution in [1.82, 2.24) is 10.6 Å². The van der Waals surface area contributed by atoms with Crippen molar-refractivity contribution in [2.24, 2.45) is 4.99 Å². The summed E-state index contributed by atoms with van der Waals surface area (Å²) in [7, 11) is 0. The summed E-state index contributed by atoms with van der Waals surface area (Å²) in [5.74, 6) is 2.28. The highest BCUT2D eigenvalue weighted by molar-refractivity contribution is 14.0. The molecular formula is C19H25ClIN3O4. The molecule has 0 fully saturated rings. The van der Waals surface area contributed by atoms with Crippen LogP contribution in [0.15, 0.2) is 39.9 Å². The maximum atomic E-state index is 10.6. The van der Waals surface area contributed by atoms with Gasteiger partial charge in [0.15, 0.2) is 17.5 Å². The minimum atomic E-state index is -1.15. The Bertz CT molecular complexity index is 797. The molecule has 9 heteroatoms. The van der Waals surface area contributed by atoms with Crippen LogP contribution < -0.4 is 20.1 Å². The van der Waals surface area contributed by atoms with Crippen molar-refractivity contribution in [3.63, 3.8) is 0 Å². The van der Waals surface area contributed by atoms with E-state index in [0.717, 1.165) is 5.56 Å². The lowest BCUT2D eigenvalue weighted by Crippen LogP contribution is -2.44. The minimum absolute atomic E-state index is 0. The molecule has 2 aromatic rings. The van der Waals surface area contributed by atoms with E-state index in [-0.39, 0.29) is 30.5 Å². The van der Waals surface area contributed by atoms with Crippen molar-refractivity contribution in [2.45, 2.75) is 26.0 Å².